The van der Waals surface area contributed by atoms with Crippen LogP contribution in [0.3, 0.4) is 0 Å². The van der Waals surface area contributed by atoms with E-state index in [1.54, 1.807) is 0 Å². The van der Waals surface area contributed by atoms with Gasteiger partial charge >= 0.3 is 0 Å². The molecule has 2 N–H and O–H groups in total. The molecule has 11 heavy (non-hydrogen) atoms. The van der Waals surface area contributed by atoms with Crippen LogP contribution in [0.2, 0.25) is 0 Å². The minimum Gasteiger partial charge on any atom is -0.384 e. The zero-order valence-corrected chi connectivity index (χ0v) is 7.20. The lowest BCUT2D eigenvalue weighted by molar-refractivity contribution is -0.118. The molecular formula is C7H11NO2S. The Morgan fingerprint density at radius 3 is 2.91 bits per heavy atom. The number of aliphatic hydroxyl groups is 1. The normalized spacial score (nSPS) is 8.18. The summed E-state index contributed by atoms with van der Waals surface area (Å²) < 4.78 is 0. The number of carbonyl (C=O) groups is 1. The van der Waals surface area contributed by atoms with Crippen LogP contribution in [0, 0.1) is 11.8 Å². The first-order valence-corrected chi connectivity index (χ1v) is 4.53. The predicted molar refractivity (Wildman–Crippen MR) is 46.3 cm³/mol. The summed E-state index contributed by atoms with van der Waals surface area (Å²) in [6.45, 7) is 0.165. The quantitative estimate of drug-likeness (QED) is 0.564. The number of hydrogen-bond donors (Lipinski definition) is 2. The van der Waals surface area contributed by atoms with Crippen molar-refractivity contribution in [2.45, 2.75) is 0 Å². The van der Waals surface area contributed by atoms with Crippen LogP contribution < -0.4 is 5.32 Å². The predicted octanol–water partition coefficient (Wildman–Crippen LogP) is -0.539. The Morgan fingerprint density at radius 1 is 1.64 bits per heavy atom. The van der Waals surface area contributed by atoms with Gasteiger partial charge in [-0.25, -0.2) is 0 Å². The van der Waals surface area contributed by atoms with Crippen LogP contribution in [0.15, 0.2) is 0 Å². The monoisotopic (exact) mass is 173 g/mol. The molecule has 0 rings (SSSR count). The van der Waals surface area contributed by atoms with E-state index >= 15 is 0 Å². The number of amides is 1. The third-order valence-electron chi connectivity index (χ3n) is 0.853. The van der Waals surface area contributed by atoms with Crippen molar-refractivity contribution in [3.8, 4) is 11.8 Å². The Kier molecular flexibility index (Phi) is 7.00. The van der Waals surface area contributed by atoms with Gasteiger partial charge in [-0.1, -0.05) is 11.8 Å². The highest BCUT2D eigenvalue weighted by Gasteiger charge is 1.94. The average molecular weight is 173 g/mol. The molecular weight excluding hydrogens is 162 g/mol. The van der Waals surface area contributed by atoms with Gasteiger partial charge < -0.3 is 10.4 Å². The van der Waals surface area contributed by atoms with Crippen molar-refractivity contribution < 1.29 is 9.90 Å². The van der Waals surface area contributed by atoms with Crippen molar-refractivity contribution in [2.75, 3.05) is 25.2 Å². The summed E-state index contributed by atoms with van der Waals surface area (Å²) in [7, 11) is 0. The van der Waals surface area contributed by atoms with Crippen LogP contribution in [-0.4, -0.2) is 36.2 Å². The molecule has 0 saturated heterocycles. The number of aliphatic hydroxyl groups excluding tert-OH is 1. The van der Waals surface area contributed by atoms with Gasteiger partial charge in [-0.3, -0.25) is 4.79 Å². The van der Waals surface area contributed by atoms with Crippen LogP contribution in [0.1, 0.15) is 0 Å². The van der Waals surface area contributed by atoms with Crippen LogP contribution in [0.5, 0.6) is 0 Å². The second-order valence-electron chi connectivity index (χ2n) is 1.72. The summed E-state index contributed by atoms with van der Waals surface area (Å²) >= 11 is 1.46. The first-order chi connectivity index (χ1) is 5.31. The van der Waals surface area contributed by atoms with Gasteiger partial charge in [-0.15, -0.1) is 0 Å². The van der Waals surface area contributed by atoms with Crippen LogP contribution in [-0.2, 0) is 4.79 Å². The molecule has 0 aliphatic rings. The summed E-state index contributed by atoms with van der Waals surface area (Å²) in [5, 5.41) is 10.8. The number of carbonyl (C=O) groups excluding carboxylic acids is 1. The maximum atomic E-state index is 10.7. The molecule has 0 unspecified atom stereocenters. The van der Waals surface area contributed by atoms with Crippen molar-refractivity contribution in [2.24, 2.45) is 0 Å². The highest BCUT2D eigenvalue weighted by Crippen LogP contribution is 1.88. The maximum absolute atomic E-state index is 10.7. The smallest absolute Gasteiger partial charge is 0.230 e. The van der Waals surface area contributed by atoms with E-state index in [-0.39, 0.29) is 12.5 Å². The minimum atomic E-state index is -0.154. The minimum absolute atomic E-state index is 0.0234. The molecule has 0 fully saturated rings. The molecule has 0 aromatic heterocycles. The van der Waals surface area contributed by atoms with Crippen molar-refractivity contribution in [3.05, 3.63) is 0 Å². The second kappa shape index (κ2) is 7.45. The Bertz CT molecular complexity index is 171. The molecule has 0 bridgehead atoms. The van der Waals surface area contributed by atoms with E-state index in [4.69, 9.17) is 5.11 Å². The molecule has 1 amide bonds. The summed E-state index contributed by atoms with van der Waals surface area (Å²) in [6, 6.07) is 0. The molecule has 0 radical (unpaired) electrons. The fourth-order valence-electron chi connectivity index (χ4n) is 0.443. The molecule has 0 heterocycles. The van der Waals surface area contributed by atoms with Gasteiger partial charge in [0.15, 0.2) is 0 Å². The van der Waals surface area contributed by atoms with Crippen molar-refractivity contribution in [3.63, 3.8) is 0 Å². The van der Waals surface area contributed by atoms with Gasteiger partial charge in [0.1, 0.15) is 6.61 Å². The van der Waals surface area contributed by atoms with Crippen molar-refractivity contribution in [1.82, 2.24) is 5.32 Å². The third kappa shape index (κ3) is 7.23. The van der Waals surface area contributed by atoms with E-state index in [1.807, 2.05) is 6.26 Å². The summed E-state index contributed by atoms with van der Waals surface area (Å²) in [6.07, 6.45) is 1.86. The Morgan fingerprint density at radius 2 is 2.36 bits per heavy atom. The number of thioether (sulfide) groups is 1. The van der Waals surface area contributed by atoms with Gasteiger partial charge in [-0.2, -0.15) is 11.8 Å². The molecule has 4 heteroatoms. The highest BCUT2D eigenvalue weighted by atomic mass is 32.2. The Hall–Kier alpha value is -0.660. The SMILES string of the molecule is CSCC(=O)NCC#CCO. The summed E-state index contributed by atoms with van der Waals surface area (Å²) in [5.74, 6) is 5.45. The number of hydrogen-bond acceptors (Lipinski definition) is 3. The van der Waals surface area contributed by atoms with E-state index in [2.05, 4.69) is 17.2 Å². The molecule has 0 aromatic rings. The lowest BCUT2D eigenvalue weighted by Crippen LogP contribution is -2.25. The lowest BCUT2D eigenvalue weighted by atomic mass is 10.5. The summed E-state index contributed by atoms with van der Waals surface area (Å²) in [5.41, 5.74) is 0. The van der Waals surface area contributed by atoms with Crippen LogP contribution >= 0.6 is 11.8 Å². The van der Waals surface area contributed by atoms with Gasteiger partial charge in [0, 0.05) is 0 Å². The average Bonchev–Trinajstić information content (AvgIpc) is 1.99. The van der Waals surface area contributed by atoms with E-state index in [0.29, 0.717) is 12.3 Å². The molecule has 62 valence electrons. The number of nitrogens with one attached hydrogen (secondary N) is 1. The number of rotatable bonds is 3. The molecule has 0 aliphatic carbocycles. The van der Waals surface area contributed by atoms with Crippen LogP contribution in [0.4, 0.5) is 0 Å². The maximum Gasteiger partial charge on any atom is 0.230 e. The molecule has 0 saturated carbocycles. The van der Waals surface area contributed by atoms with Crippen molar-refractivity contribution in [1.29, 1.82) is 0 Å². The third-order valence-corrected chi connectivity index (χ3v) is 1.40. The second-order valence-corrected chi connectivity index (χ2v) is 2.59. The fraction of sp³-hybridized carbons (Fsp3) is 0.571. The van der Waals surface area contributed by atoms with Gasteiger partial charge in [-0.05, 0) is 6.26 Å². The first-order valence-electron chi connectivity index (χ1n) is 3.13. The Balaban J connectivity index is 3.31. The van der Waals surface area contributed by atoms with E-state index in [9.17, 15) is 4.79 Å². The Labute approximate surface area is 70.6 Å². The topological polar surface area (TPSA) is 49.3 Å². The van der Waals surface area contributed by atoms with E-state index in [1.165, 1.54) is 11.8 Å². The first kappa shape index (κ1) is 10.3. The van der Waals surface area contributed by atoms with Gasteiger partial charge in [0.05, 0.1) is 12.3 Å². The standard InChI is InChI=1S/C7H11NO2S/c1-11-6-7(10)8-4-2-3-5-9/h9H,4-6H2,1H3,(H,8,10). The van der Waals surface area contributed by atoms with E-state index in [0.717, 1.165) is 0 Å². The fourth-order valence-corrected chi connectivity index (χ4v) is 0.808. The lowest BCUT2D eigenvalue weighted by Gasteiger charge is -1.96. The van der Waals surface area contributed by atoms with Gasteiger partial charge in [0.25, 0.3) is 0 Å². The molecule has 0 aromatic carbocycles. The zero-order valence-electron chi connectivity index (χ0n) is 6.39. The molecule has 0 aliphatic heterocycles. The van der Waals surface area contributed by atoms with Crippen molar-refractivity contribution >= 4 is 17.7 Å². The van der Waals surface area contributed by atoms with E-state index < -0.39 is 0 Å². The largest absolute Gasteiger partial charge is 0.384 e. The zero-order chi connectivity index (χ0) is 8.53. The molecule has 3 nitrogen and oxygen atoms in total. The summed E-state index contributed by atoms with van der Waals surface area (Å²) in [4.78, 5) is 10.7. The highest BCUT2D eigenvalue weighted by molar-refractivity contribution is 7.99. The molecule has 0 atom stereocenters. The molecule has 0 spiro atoms. The van der Waals surface area contributed by atoms with Crippen LogP contribution in [0.25, 0.3) is 0 Å². The van der Waals surface area contributed by atoms with Gasteiger partial charge in [0.2, 0.25) is 5.91 Å².